The van der Waals surface area contributed by atoms with Gasteiger partial charge in [-0.2, -0.15) is 4.31 Å². The Morgan fingerprint density at radius 3 is 2.25 bits per heavy atom. The van der Waals surface area contributed by atoms with Crippen LogP contribution in [0.5, 0.6) is 0 Å². The van der Waals surface area contributed by atoms with Gasteiger partial charge in [-0.05, 0) is 46.3 Å². The summed E-state index contributed by atoms with van der Waals surface area (Å²) >= 11 is 6.63. The lowest BCUT2D eigenvalue weighted by molar-refractivity contribution is 0.222. The maximum absolute atomic E-state index is 12.8. The molecule has 2 rings (SSSR count). The van der Waals surface area contributed by atoms with Crippen LogP contribution in [0.25, 0.3) is 0 Å². The number of nitrogen functional groups attached to an aromatic ring is 1. The molecule has 1 aromatic carbocycles. The maximum Gasteiger partial charge on any atom is 0.246 e. The Bertz CT molecular complexity index is 586. The fourth-order valence-electron chi connectivity index (χ4n) is 2.78. The van der Waals surface area contributed by atoms with Gasteiger partial charge in [0.2, 0.25) is 10.0 Å². The molecule has 0 aromatic heterocycles. The topological polar surface area (TPSA) is 63.4 Å². The molecular formula is C13H18Br2N2O2S. The van der Waals surface area contributed by atoms with Crippen LogP contribution in [0.3, 0.4) is 0 Å². The second-order valence-corrected chi connectivity index (χ2v) is 9.22. The van der Waals surface area contributed by atoms with Crippen LogP contribution in [0.4, 0.5) is 5.69 Å². The molecule has 20 heavy (non-hydrogen) atoms. The lowest BCUT2D eigenvalue weighted by atomic mass is 9.94. The van der Waals surface area contributed by atoms with E-state index in [-0.39, 0.29) is 10.6 Å². The fraction of sp³-hybridized carbons (Fsp3) is 0.538. The van der Waals surface area contributed by atoms with Crippen molar-refractivity contribution in [2.75, 3.05) is 18.8 Å². The average molecular weight is 426 g/mol. The zero-order chi connectivity index (χ0) is 15.1. The number of halogens is 2. The zero-order valence-electron chi connectivity index (χ0n) is 11.4. The summed E-state index contributed by atoms with van der Waals surface area (Å²) in [7, 11) is -3.57. The van der Waals surface area contributed by atoms with E-state index >= 15 is 0 Å². The molecule has 1 fully saturated rings. The molecule has 112 valence electrons. The van der Waals surface area contributed by atoms with Crippen LogP contribution in [0, 0.1) is 11.8 Å². The van der Waals surface area contributed by atoms with E-state index < -0.39 is 10.0 Å². The van der Waals surface area contributed by atoms with Crippen molar-refractivity contribution in [3.05, 3.63) is 21.1 Å². The van der Waals surface area contributed by atoms with Gasteiger partial charge in [0, 0.05) is 22.0 Å². The zero-order valence-corrected chi connectivity index (χ0v) is 15.4. The summed E-state index contributed by atoms with van der Waals surface area (Å²) in [5.74, 6) is 0.730. The number of nitrogens with zero attached hydrogens (tertiary/aromatic N) is 1. The van der Waals surface area contributed by atoms with Crippen molar-refractivity contribution < 1.29 is 8.42 Å². The van der Waals surface area contributed by atoms with E-state index in [1.807, 2.05) is 0 Å². The van der Waals surface area contributed by atoms with Gasteiger partial charge in [0.15, 0.2) is 0 Å². The first-order valence-electron chi connectivity index (χ1n) is 6.46. The molecule has 2 unspecified atom stereocenters. The van der Waals surface area contributed by atoms with Crippen molar-refractivity contribution in [2.45, 2.75) is 25.2 Å². The summed E-state index contributed by atoms with van der Waals surface area (Å²) in [5.41, 5.74) is 6.18. The van der Waals surface area contributed by atoms with Crippen molar-refractivity contribution in [3.63, 3.8) is 0 Å². The van der Waals surface area contributed by atoms with E-state index in [0.717, 1.165) is 10.9 Å². The predicted molar refractivity (Wildman–Crippen MR) is 88.0 cm³/mol. The molecule has 0 spiro atoms. The average Bonchev–Trinajstić information content (AvgIpc) is 2.25. The van der Waals surface area contributed by atoms with Crippen LogP contribution in [0.1, 0.15) is 20.3 Å². The molecule has 0 saturated carbocycles. The summed E-state index contributed by atoms with van der Waals surface area (Å²) in [4.78, 5) is 0.169. The smallest absolute Gasteiger partial charge is 0.246 e. The van der Waals surface area contributed by atoms with Crippen molar-refractivity contribution in [1.29, 1.82) is 0 Å². The van der Waals surface area contributed by atoms with E-state index in [9.17, 15) is 8.42 Å². The van der Waals surface area contributed by atoms with Gasteiger partial charge in [-0.15, -0.1) is 0 Å². The minimum atomic E-state index is -3.57. The van der Waals surface area contributed by atoms with Gasteiger partial charge in [0.05, 0.1) is 5.69 Å². The number of hydrogen-bond donors (Lipinski definition) is 1. The molecule has 0 aliphatic carbocycles. The number of piperidine rings is 1. The van der Waals surface area contributed by atoms with Gasteiger partial charge in [0.25, 0.3) is 0 Å². The van der Waals surface area contributed by atoms with E-state index in [1.54, 1.807) is 16.4 Å². The highest BCUT2D eigenvalue weighted by Crippen LogP contribution is 2.35. The van der Waals surface area contributed by atoms with Crippen LogP contribution in [-0.4, -0.2) is 25.8 Å². The highest BCUT2D eigenvalue weighted by molar-refractivity contribution is 9.11. The highest BCUT2D eigenvalue weighted by atomic mass is 79.9. The number of benzene rings is 1. The largest absolute Gasteiger partial charge is 0.398 e. The van der Waals surface area contributed by atoms with E-state index in [1.165, 1.54) is 0 Å². The molecule has 1 aliphatic rings. The Kier molecular flexibility index (Phi) is 4.83. The first kappa shape index (κ1) is 16.3. The van der Waals surface area contributed by atoms with Gasteiger partial charge in [-0.1, -0.05) is 29.8 Å². The quantitative estimate of drug-likeness (QED) is 0.738. The Morgan fingerprint density at radius 1 is 1.20 bits per heavy atom. The van der Waals surface area contributed by atoms with Gasteiger partial charge in [0.1, 0.15) is 4.90 Å². The summed E-state index contributed by atoms with van der Waals surface area (Å²) in [6.45, 7) is 5.26. The Labute approximate surface area is 137 Å². The van der Waals surface area contributed by atoms with Crippen LogP contribution in [0.2, 0.25) is 0 Å². The third-order valence-corrected chi connectivity index (χ3v) is 6.77. The molecule has 7 heteroatoms. The first-order valence-corrected chi connectivity index (χ1v) is 9.49. The fourth-order valence-corrected chi connectivity index (χ4v) is 6.48. The van der Waals surface area contributed by atoms with Crippen molar-refractivity contribution in [2.24, 2.45) is 11.8 Å². The molecule has 1 aliphatic heterocycles. The van der Waals surface area contributed by atoms with Crippen LogP contribution in [0.15, 0.2) is 26.0 Å². The van der Waals surface area contributed by atoms with Gasteiger partial charge >= 0.3 is 0 Å². The van der Waals surface area contributed by atoms with Crippen molar-refractivity contribution in [1.82, 2.24) is 4.31 Å². The Hall–Kier alpha value is -0.110. The second-order valence-electron chi connectivity index (χ2n) is 5.57. The normalized spacial score (nSPS) is 24.8. The second kappa shape index (κ2) is 5.94. The summed E-state index contributed by atoms with van der Waals surface area (Å²) < 4.78 is 28.5. The standard InChI is InChI=1S/C13H18Br2N2O2S/c1-8-3-9(2)7-17(6-8)20(18,19)13-11(15)4-10(14)5-12(13)16/h4-5,8-9H,3,6-7,16H2,1-2H3. The van der Waals surface area contributed by atoms with Gasteiger partial charge in [-0.3, -0.25) is 0 Å². The number of nitrogens with two attached hydrogens (primary N) is 1. The molecule has 1 saturated heterocycles. The third-order valence-electron chi connectivity index (χ3n) is 3.47. The molecule has 1 aromatic rings. The highest BCUT2D eigenvalue weighted by Gasteiger charge is 2.34. The van der Waals surface area contributed by atoms with E-state index in [4.69, 9.17) is 5.73 Å². The van der Waals surface area contributed by atoms with Crippen molar-refractivity contribution in [3.8, 4) is 0 Å². The first-order chi connectivity index (χ1) is 9.21. The molecule has 4 nitrogen and oxygen atoms in total. The lowest BCUT2D eigenvalue weighted by Crippen LogP contribution is -2.42. The molecular weight excluding hydrogens is 408 g/mol. The molecule has 2 N–H and O–H groups in total. The minimum absolute atomic E-state index is 0.169. The van der Waals surface area contributed by atoms with Gasteiger partial charge in [-0.25, -0.2) is 8.42 Å². The lowest BCUT2D eigenvalue weighted by Gasteiger charge is -2.34. The maximum atomic E-state index is 12.8. The van der Waals surface area contributed by atoms with Crippen molar-refractivity contribution >= 4 is 47.6 Å². The monoisotopic (exact) mass is 424 g/mol. The number of hydrogen-bond acceptors (Lipinski definition) is 3. The molecule has 1 heterocycles. The third kappa shape index (κ3) is 3.21. The summed E-state index contributed by atoms with van der Waals surface area (Å²) in [6, 6.07) is 3.33. The SMILES string of the molecule is CC1CC(C)CN(S(=O)(=O)c2c(N)cc(Br)cc2Br)C1. The molecule has 0 bridgehead atoms. The van der Waals surface area contributed by atoms with Crippen LogP contribution < -0.4 is 5.73 Å². The van der Waals surface area contributed by atoms with Gasteiger partial charge < -0.3 is 5.73 Å². The molecule has 2 atom stereocenters. The Balaban J connectivity index is 2.45. The number of rotatable bonds is 2. The summed E-state index contributed by atoms with van der Waals surface area (Å²) in [6.07, 6.45) is 1.06. The number of anilines is 1. The van der Waals surface area contributed by atoms with Crippen LogP contribution >= 0.6 is 31.9 Å². The predicted octanol–water partition coefficient (Wildman–Crippen LogP) is 3.46. The van der Waals surface area contributed by atoms with E-state index in [0.29, 0.717) is 29.4 Å². The summed E-state index contributed by atoms with van der Waals surface area (Å²) in [5, 5.41) is 0. The molecule has 0 radical (unpaired) electrons. The molecule has 0 amide bonds. The Morgan fingerprint density at radius 2 is 1.75 bits per heavy atom. The number of sulfonamides is 1. The van der Waals surface area contributed by atoms with E-state index in [2.05, 4.69) is 45.7 Å². The van der Waals surface area contributed by atoms with Crippen LogP contribution in [-0.2, 0) is 10.0 Å². The minimum Gasteiger partial charge on any atom is -0.398 e.